The number of likely N-dealkylation sites (tertiary alicyclic amines) is 1. The maximum atomic E-state index is 12.6. The monoisotopic (exact) mass is 374 g/mol. The molecule has 1 aliphatic heterocycles. The normalized spacial score (nSPS) is 20.3. The number of piperidine rings is 1. The molecule has 2 heterocycles. The molecule has 1 fully saturated rings. The number of thioether (sulfide) groups is 1. The molecule has 0 saturated carbocycles. The van der Waals surface area contributed by atoms with E-state index in [-0.39, 0.29) is 11.7 Å². The van der Waals surface area contributed by atoms with Crippen molar-refractivity contribution in [3.63, 3.8) is 0 Å². The van der Waals surface area contributed by atoms with Gasteiger partial charge >= 0.3 is 0 Å². The minimum atomic E-state index is 0.156. The predicted molar refractivity (Wildman–Crippen MR) is 103 cm³/mol. The summed E-state index contributed by atoms with van der Waals surface area (Å²) in [4.78, 5) is 14.6. The summed E-state index contributed by atoms with van der Waals surface area (Å²) < 4.78 is 1.94. The Kier molecular flexibility index (Phi) is 5.86. The van der Waals surface area contributed by atoms with Gasteiger partial charge in [0.1, 0.15) is 5.75 Å². The lowest BCUT2D eigenvalue weighted by atomic mass is 9.92. The van der Waals surface area contributed by atoms with Crippen LogP contribution in [0.25, 0.3) is 11.4 Å². The van der Waals surface area contributed by atoms with Crippen molar-refractivity contribution in [2.75, 3.05) is 18.8 Å². The largest absolute Gasteiger partial charge is 0.507 e. The molecule has 7 heteroatoms. The fourth-order valence-electron chi connectivity index (χ4n) is 3.63. The van der Waals surface area contributed by atoms with Crippen molar-refractivity contribution in [1.29, 1.82) is 0 Å². The van der Waals surface area contributed by atoms with Crippen LogP contribution in [0.4, 0.5) is 0 Å². The number of phenolic OH excluding ortho intramolecular Hbond substituents is 1. The number of benzene rings is 1. The van der Waals surface area contributed by atoms with Gasteiger partial charge in [0, 0.05) is 19.6 Å². The van der Waals surface area contributed by atoms with Crippen molar-refractivity contribution in [3.05, 3.63) is 24.3 Å². The van der Waals surface area contributed by atoms with E-state index in [9.17, 15) is 9.90 Å². The van der Waals surface area contributed by atoms with Gasteiger partial charge in [-0.25, -0.2) is 0 Å². The molecule has 0 bridgehead atoms. The van der Waals surface area contributed by atoms with Crippen molar-refractivity contribution in [3.8, 4) is 17.1 Å². The summed E-state index contributed by atoms with van der Waals surface area (Å²) in [6, 6.07) is 7.10. The summed E-state index contributed by atoms with van der Waals surface area (Å²) in [7, 11) is 0. The Morgan fingerprint density at radius 1 is 1.23 bits per heavy atom. The van der Waals surface area contributed by atoms with Crippen LogP contribution in [-0.2, 0) is 11.3 Å². The molecule has 0 aliphatic carbocycles. The summed E-state index contributed by atoms with van der Waals surface area (Å²) in [5, 5.41) is 19.3. The number of amides is 1. The number of carbonyl (C=O) groups is 1. The molecule has 6 nitrogen and oxygen atoms in total. The van der Waals surface area contributed by atoms with E-state index in [1.165, 1.54) is 18.2 Å². The molecule has 2 unspecified atom stereocenters. The molecule has 1 N–H and O–H groups in total. The van der Waals surface area contributed by atoms with Crippen molar-refractivity contribution < 1.29 is 9.90 Å². The average molecular weight is 375 g/mol. The molecule has 0 spiro atoms. The highest BCUT2D eigenvalue weighted by Gasteiger charge is 2.26. The van der Waals surface area contributed by atoms with Crippen molar-refractivity contribution >= 4 is 17.7 Å². The Morgan fingerprint density at radius 3 is 2.58 bits per heavy atom. The van der Waals surface area contributed by atoms with Crippen LogP contribution in [0.1, 0.15) is 27.2 Å². The Labute approximate surface area is 158 Å². The van der Waals surface area contributed by atoms with E-state index in [1.54, 1.807) is 12.1 Å². The molecule has 1 amide bonds. The van der Waals surface area contributed by atoms with Crippen LogP contribution in [0.15, 0.2) is 29.4 Å². The third-order valence-electron chi connectivity index (χ3n) is 4.72. The molecule has 3 rings (SSSR count). The molecular formula is C19H26N4O2S. The van der Waals surface area contributed by atoms with Crippen LogP contribution < -0.4 is 0 Å². The van der Waals surface area contributed by atoms with E-state index in [0.29, 0.717) is 40.7 Å². The minimum absolute atomic E-state index is 0.156. The van der Waals surface area contributed by atoms with Crippen LogP contribution >= 0.6 is 11.8 Å². The lowest BCUT2D eigenvalue weighted by Gasteiger charge is -2.34. The fourth-order valence-corrected chi connectivity index (χ4v) is 4.53. The standard InChI is InChI=1S/C19H26N4O2S/c1-4-23-18(15-7-5-6-8-16(15)24)20-21-19(23)26-12-17(25)22-10-13(2)9-14(3)11-22/h5-8,13-14,24H,4,9-12H2,1-3H3. The van der Waals surface area contributed by atoms with Gasteiger partial charge in [-0.1, -0.05) is 37.7 Å². The number of rotatable bonds is 5. The molecule has 1 saturated heterocycles. The quantitative estimate of drug-likeness (QED) is 0.814. The van der Waals surface area contributed by atoms with E-state index < -0.39 is 0 Å². The zero-order valence-corrected chi connectivity index (χ0v) is 16.4. The summed E-state index contributed by atoms with van der Waals surface area (Å²) in [5.74, 6) is 2.43. The third-order valence-corrected chi connectivity index (χ3v) is 5.68. The lowest BCUT2D eigenvalue weighted by Crippen LogP contribution is -2.43. The third kappa shape index (κ3) is 4.03. The lowest BCUT2D eigenvalue weighted by molar-refractivity contribution is -0.130. The van der Waals surface area contributed by atoms with Crippen molar-refractivity contribution in [2.45, 2.75) is 38.9 Å². The number of nitrogens with zero attached hydrogens (tertiary/aromatic N) is 4. The second kappa shape index (κ2) is 8.12. The Hall–Kier alpha value is -2.02. The highest BCUT2D eigenvalue weighted by atomic mass is 32.2. The van der Waals surface area contributed by atoms with Gasteiger partial charge in [-0.05, 0) is 37.3 Å². The second-order valence-corrected chi connectivity index (χ2v) is 8.04. The summed E-state index contributed by atoms with van der Waals surface area (Å²) >= 11 is 1.41. The van der Waals surface area contributed by atoms with Crippen molar-refractivity contribution in [2.24, 2.45) is 11.8 Å². The summed E-state index contributed by atoms with van der Waals surface area (Å²) in [6.07, 6.45) is 1.19. The first kappa shape index (κ1) is 18.8. The van der Waals surface area contributed by atoms with Gasteiger partial charge in [0.05, 0.1) is 11.3 Å². The van der Waals surface area contributed by atoms with Gasteiger partial charge in [0.25, 0.3) is 0 Å². The highest BCUT2D eigenvalue weighted by molar-refractivity contribution is 7.99. The van der Waals surface area contributed by atoms with Gasteiger partial charge in [-0.3, -0.25) is 4.79 Å². The Bertz CT molecular complexity index is 767. The molecule has 140 valence electrons. The SMILES string of the molecule is CCn1c(SCC(=O)N2CC(C)CC(C)C2)nnc1-c1ccccc1O. The molecule has 2 aromatic rings. The van der Waals surface area contributed by atoms with Crippen LogP contribution in [0.5, 0.6) is 5.75 Å². The number of phenols is 1. The predicted octanol–water partition coefficient (Wildman–Crippen LogP) is 3.27. The number of hydrogen-bond donors (Lipinski definition) is 1. The molecule has 1 aromatic carbocycles. The molecule has 1 aliphatic rings. The van der Waals surface area contributed by atoms with Crippen LogP contribution in [0.3, 0.4) is 0 Å². The van der Waals surface area contributed by atoms with E-state index >= 15 is 0 Å². The van der Waals surface area contributed by atoms with E-state index in [1.807, 2.05) is 28.5 Å². The highest BCUT2D eigenvalue weighted by Crippen LogP contribution is 2.30. The fraction of sp³-hybridized carbons (Fsp3) is 0.526. The van der Waals surface area contributed by atoms with Gasteiger partial charge in [-0.2, -0.15) is 0 Å². The maximum absolute atomic E-state index is 12.6. The maximum Gasteiger partial charge on any atom is 0.233 e. The van der Waals surface area contributed by atoms with Gasteiger partial charge < -0.3 is 14.6 Å². The zero-order chi connectivity index (χ0) is 18.7. The van der Waals surface area contributed by atoms with Crippen LogP contribution in [0, 0.1) is 11.8 Å². The number of aromatic nitrogens is 3. The number of aromatic hydroxyl groups is 1. The molecular weight excluding hydrogens is 348 g/mol. The van der Waals surface area contributed by atoms with E-state index in [2.05, 4.69) is 24.0 Å². The summed E-state index contributed by atoms with van der Waals surface area (Å²) in [5.41, 5.74) is 0.652. The second-order valence-electron chi connectivity index (χ2n) is 7.10. The van der Waals surface area contributed by atoms with Gasteiger partial charge in [0.2, 0.25) is 5.91 Å². The topological polar surface area (TPSA) is 71.2 Å². The number of para-hydroxylation sites is 1. The first-order chi connectivity index (χ1) is 12.5. The van der Waals surface area contributed by atoms with Gasteiger partial charge in [0.15, 0.2) is 11.0 Å². The van der Waals surface area contributed by atoms with Crippen molar-refractivity contribution in [1.82, 2.24) is 19.7 Å². The van der Waals surface area contributed by atoms with Crippen LogP contribution in [0.2, 0.25) is 0 Å². The molecule has 2 atom stereocenters. The van der Waals surface area contributed by atoms with E-state index in [0.717, 1.165) is 13.1 Å². The zero-order valence-electron chi connectivity index (χ0n) is 15.6. The van der Waals surface area contributed by atoms with Gasteiger partial charge in [-0.15, -0.1) is 10.2 Å². The number of hydrogen-bond acceptors (Lipinski definition) is 5. The molecule has 26 heavy (non-hydrogen) atoms. The smallest absolute Gasteiger partial charge is 0.233 e. The minimum Gasteiger partial charge on any atom is -0.507 e. The first-order valence-electron chi connectivity index (χ1n) is 9.11. The summed E-state index contributed by atoms with van der Waals surface area (Å²) in [6.45, 7) is 8.77. The Balaban J connectivity index is 1.71. The van der Waals surface area contributed by atoms with E-state index in [4.69, 9.17) is 0 Å². The first-order valence-corrected chi connectivity index (χ1v) is 10.1. The average Bonchev–Trinajstić information content (AvgIpc) is 3.01. The number of carbonyl (C=O) groups excluding carboxylic acids is 1. The molecule has 1 aromatic heterocycles. The molecule has 0 radical (unpaired) electrons. The Morgan fingerprint density at radius 2 is 1.92 bits per heavy atom. The van der Waals surface area contributed by atoms with Crippen LogP contribution in [-0.4, -0.2) is 49.5 Å².